The Balaban J connectivity index is 2.45. The van der Waals surface area contributed by atoms with E-state index in [1.54, 1.807) is 0 Å². The summed E-state index contributed by atoms with van der Waals surface area (Å²) in [5.74, 6) is 0.357. The van der Waals surface area contributed by atoms with Crippen LogP contribution in [-0.2, 0) is 4.79 Å². The molecule has 0 heterocycles. The van der Waals surface area contributed by atoms with E-state index in [9.17, 15) is 9.59 Å². The first-order valence-electron chi connectivity index (χ1n) is 7.76. The number of rotatable bonds is 7. The topological polar surface area (TPSA) is 70.2 Å². The van der Waals surface area contributed by atoms with Crippen molar-refractivity contribution in [3.63, 3.8) is 0 Å². The van der Waals surface area contributed by atoms with E-state index in [1.807, 2.05) is 44.2 Å². The van der Waals surface area contributed by atoms with Gasteiger partial charge in [0.05, 0.1) is 6.54 Å². The molecule has 0 aliphatic carbocycles. The molecule has 22 heavy (non-hydrogen) atoms. The highest BCUT2D eigenvalue weighted by Gasteiger charge is 2.17. The number of benzene rings is 1. The van der Waals surface area contributed by atoms with Gasteiger partial charge >= 0.3 is 6.03 Å². The van der Waals surface area contributed by atoms with E-state index < -0.39 is 6.03 Å². The van der Waals surface area contributed by atoms with Gasteiger partial charge in [-0.25, -0.2) is 4.79 Å². The van der Waals surface area contributed by atoms with Crippen LogP contribution in [0.3, 0.4) is 0 Å². The van der Waals surface area contributed by atoms with Gasteiger partial charge < -0.3 is 10.6 Å². The Labute approximate surface area is 132 Å². The van der Waals surface area contributed by atoms with E-state index in [-0.39, 0.29) is 18.5 Å². The highest BCUT2D eigenvalue weighted by molar-refractivity contribution is 5.95. The van der Waals surface area contributed by atoms with Crippen molar-refractivity contribution in [1.82, 2.24) is 16.0 Å². The lowest BCUT2D eigenvalue weighted by Gasteiger charge is -2.22. The second-order valence-corrected chi connectivity index (χ2v) is 6.17. The third-order valence-corrected chi connectivity index (χ3v) is 3.23. The SMILES string of the molecule is CC(C)CNC(=O)NC(=O)CN[C@@H](c1ccccc1)C(C)C. The summed E-state index contributed by atoms with van der Waals surface area (Å²) in [4.78, 5) is 23.4. The van der Waals surface area contributed by atoms with Gasteiger partial charge in [-0.3, -0.25) is 10.1 Å². The van der Waals surface area contributed by atoms with E-state index in [0.717, 1.165) is 5.56 Å². The molecule has 0 fully saturated rings. The number of urea groups is 1. The molecule has 0 unspecified atom stereocenters. The maximum Gasteiger partial charge on any atom is 0.321 e. The minimum absolute atomic E-state index is 0.0747. The molecule has 0 saturated carbocycles. The van der Waals surface area contributed by atoms with Crippen LogP contribution < -0.4 is 16.0 Å². The summed E-state index contributed by atoms with van der Waals surface area (Å²) < 4.78 is 0. The molecule has 0 aliphatic heterocycles. The van der Waals surface area contributed by atoms with Crippen LogP contribution in [0.5, 0.6) is 0 Å². The lowest BCUT2D eigenvalue weighted by atomic mass is 9.96. The number of hydrogen-bond acceptors (Lipinski definition) is 3. The normalized spacial score (nSPS) is 12.3. The molecule has 0 aromatic heterocycles. The quantitative estimate of drug-likeness (QED) is 0.724. The van der Waals surface area contributed by atoms with Gasteiger partial charge in [0.25, 0.3) is 0 Å². The molecule has 0 saturated heterocycles. The Bertz CT molecular complexity index is 472. The Morgan fingerprint density at radius 1 is 1.05 bits per heavy atom. The lowest BCUT2D eigenvalue weighted by Crippen LogP contribution is -2.45. The molecule has 122 valence electrons. The number of hydrogen-bond donors (Lipinski definition) is 3. The molecule has 0 radical (unpaired) electrons. The summed E-state index contributed by atoms with van der Waals surface area (Å²) in [6.45, 7) is 8.83. The van der Waals surface area contributed by atoms with Gasteiger partial charge in [0.2, 0.25) is 5.91 Å². The van der Waals surface area contributed by atoms with E-state index in [1.165, 1.54) is 0 Å². The van der Waals surface area contributed by atoms with Crippen molar-refractivity contribution < 1.29 is 9.59 Å². The summed E-state index contributed by atoms with van der Waals surface area (Å²) in [6.07, 6.45) is 0. The van der Waals surface area contributed by atoms with Crippen molar-refractivity contribution in [3.05, 3.63) is 35.9 Å². The minimum Gasteiger partial charge on any atom is -0.338 e. The van der Waals surface area contributed by atoms with Crippen LogP contribution in [0.2, 0.25) is 0 Å². The van der Waals surface area contributed by atoms with E-state index in [4.69, 9.17) is 0 Å². The van der Waals surface area contributed by atoms with Crippen molar-refractivity contribution in [2.24, 2.45) is 11.8 Å². The summed E-state index contributed by atoms with van der Waals surface area (Å²) in [6, 6.07) is 9.62. The van der Waals surface area contributed by atoms with Crippen molar-refractivity contribution >= 4 is 11.9 Å². The first-order chi connectivity index (χ1) is 10.4. The molecule has 5 heteroatoms. The van der Waals surface area contributed by atoms with Gasteiger partial charge in [-0.05, 0) is 17.4 Å². The summed E-state index contributed by atoms with van der Waals surface area (Å²) in [5.41, 5.74) is 1.13. The lowest BCUT2D eigenvalue weighted by molar-refractivity contribution is -0.119. The zero-order chi connectivity index (χ0) is 16.5. The molecular formula is C17H27N3O2. The minimum atomic E-state index is -0.443. The molecular weight excluding hydrogens is 278 g/mol. The van der Waals surface area contributed by atoms with Crippen LogP contribution >= 0.6 is 0 Å². The van der Waals surface area contributed by atoms with Gasteiger partial charge in [0.15, 0.2) is 0 Å². The second kappa shape index (κ2) is 9.20. The molecule has 1 rings (SSSR count). The van der Waals surface area contributed by atoms with E-state index >= 15 is 0 Å². The van der Waals surface area contributed by atoms with Crippen LogP contribution in [0.1, 0.15) is 39.3 Å². The largest absolute Gasteiger partial charge is 0.338 e. The Kier molecular flexibility index (Phi) is 7.60. The summed E-state index contributed by atoms with van der Waals surface area (Å²) in [7, 11) is 0. The predicted octanol–water partition coefficient (Wildman–Crippen LogP) is 2.46. The van der Waals surface area contributed by atoms with E-state index in [2.05, 4.69) is 29.8 Å². The first-order valence-corrected chi connectivity index (χ1v) is 7.76. The third-order valence-electron chi connectivity index (χ3n) is 3.23. The van der Waals surface area contributed by atoms with Gasteiger partial charge in [-0.2, -0.15) is 0 Å². The highest BCUT2D eigenvalue weighted by atomic mass is 16.2. The summed E-state index contributed by atoms with van der Waals surface area (Å²) >= 11 is 0. The van der Waals surface area contributed by atoms with Crippen molar-refractivity contribution in [1.29, 1.82) is 0 Å². The number of carbonyl (C=O) groups excluding carboxylic acids is 2. The molecule has 1 atom stereocenters. The molecule has 0 aliphatic rings. The molecule has 5 nitrogen and oxygen atoms in total. The summed E-state index contributed by atoms with van der Waals surface area (Å²) in [5, 5.41) is 8.20. The number of imide groups is 1. The van der Waals surface area contributed by atoms with E-state index in [0.29, 0.717) is 18.4 Å². The number of amides is 3. The Morgan fingerprint density at radius 3 is 2.23 bits per heavy atom. The van der Waals surface area contributed by atoms with Crippen molar-refractivity contribution in [3.8, 4) is 0 Å². The maximum absolute atomic E-state index is 11.8. The zero-order valence-electron chi connectivity index (χ0n) is 13.8. The fraction of sp³-hybridized carbons (Fsp3) is 0.529. The van der Waals surface area contributed by atoms with Gasteiger partial charge in [-0.1, -0.05) is 58.0 Å². The van der Waals surface area contributed by atoms with Crippen LogP contribution in [0, 0.1) is 11.8 Å². The van der Waals surface area contributed by atoms with Crippen LogP contribution in [0.25, 0.3) is 0 Å². The zero-order valence-corrected chi connectivity index (χ0v) is 13.8. The maximum atomic E-state index is 11.8. The first kappa shape index (κ1) is 18.2. The highest BCUT2D eigenvalue weighted by Crippen LogP contribution is 2.20. The molecule has 0 spiro atoms. The average molecular weight is 305 g/mol. The number of carbonyl (C=O) groups is 2. The monoisotopic (exact) mass is 305 g/mol. The average Bonchev–Trinajstić information content (AvgIpc) is 2.46. The van der Waals surface area contributed by atoms with Crippen molar-refractivity contribution in [2.45, 2.75) is 33.7 Å². The molecule has 3 amide bonds. The van der Waals surface area contributed by atoms with Crippen LogP contribution in [0.4, 0.5) is 4.79 Å². The van der Waals surface area contributed by atoms with Gasteiger partial charge in [0, 0.05) is 12.6 Å². The van der Waals surface area contributed by atoms with Crippen LogP contribution in [-0.4, -0.2) is 25.0 Å². The third kappa shape index (κ3) is 6.72. The predicted molar refractivity (Wildman–Crippen MR) is 88.4 cm³/mol. The van der Waals surface area contributed by atoms with Gasteiger partial charge in [0.1, 0.15) is 0 Å². The fourth-order valence-corrected chi connectivity index (χ4v) is 2.11. The Morgan fingerprint density at radius 2 is 1.68 bits per heavy atom. The molecule has 3 N–H and O–H groups in total. The molecule has 1 aromatic rings. The standard InChI is InChI=1S/C17H27N3O2/c1-12(2)10-19-17(22)20-15(21)11-18-16(13(3)4)14-8-6-5-7-9-14/h5-9,12-13,16,18H,10-11H2,1-4H3,(H2,19,20,21,22)/t16-/m1/s1. The van der Waals surface area contributed by atoms with Crippen molar-refractivity contribution in [2.75, 3.05) is 13.1 Å². The fourth-order valence-electron chi connectivity index (χ4n) is 2.11. The molecule has 1 aromatic carbocycles. The second-order valence-electron chi connectivity index (χ2n) is 6.17. The number of nitrogens with one attached hydrogen (secondary N) is 3. The smallest absolute Gasteiger partial charge is 0.321 e. The van der Waals surface area contributed by atoms with Gasteiger partial charge in [-0.15, -0.1) is 0 Å². The van der Waals surface area contributed by atoms with Crippen LogP contribution in [0.15, 0.2) is 30.3 Å². The molecule has 0 bridgehead atoms. The Hall–Kier alpha value is -1.88.